The van der Waals surface area contributed by atoms with Gasteiger partial charge in [-0.1, -0.05) is 12.1 Å². The van der Waals surface area contributed by atoms with E-state index in [-0.39, 0.29) is 22.7 Å². The first-order valence-electron chi connectivity index (χ1n) is 8.84. The number of hydrogen-bond donors (Lipinski definition) is 1. The van der Waals surface area contributed by atoms with Crippen LogP contribution in [0.5, 0.6) is 0 Å². The Morgan fingerprint density at radius 3 is 2.35 bits per heavy atom. The molecule has 0 unspecified atom stereocenters. The van der Waals surface area contributed by atoms with Crippen LogP contribution in [-0.4, -0.2) is 51.9 Å². The topological polar surface area (TPSA) is 92.8 Å². The minimum Gasteiger partial charge on any atom is -0.466 e. The first-order valence-corrected chi connectivity index (χ1v) is 10.3. The summed E-state index contributed by atoms with van der Waals surface area (Å²) in [6.45, 7) is 3.31. The fourth-order valence-electron chi connectivity index (χ4n) is 2.99. The number of nitrogens with zero attached hydrogens (tertiary/aromatic N) is 1. The standard InChI is InChI=1S/C18H26N2O5S/c1-3-25-18(22)15-10-12-20(13-11-15)17(21)9-6-14-4-7-16(8-5-14)26(23,24)19-2/h4-5,7-8,15,19H,3,6,9-13H2,1-2H3. The van der Waals surface area contributed by atoms with E-state index in [1.165, 1.54) is 19.2 Å². The maximum absolute atomic E-state index is 12.4. The van der Waals surface area contributed by atoms with Crippen LogP contribution >= 0.6 is 0 Å². The Bertz CT molecular complexity index is 722. The van der Waals surface area contributed by atoms with E-state index in [2.05, 4.69) is 4.72 Å². The van der Waals surface area contributed by atoms with Gasteiger partial charge in [-0.25, -0.2) is 13.1 Å². The lowest BCUT2D eigenvalue weighted by Crippen LogP contribution is -2.40. The number of amides is 1. The number of carbonyl (C=O) groups excluding carboxylic acids is 2. The molecule has 1 amide bonds. The zero-order chi connectivity index (χ0) is 19.2. The van der Waals surface area contributed by atoms with Crippen molar-refractivity contribution in [1.29, 1.82) is 0 Å². The molecule has 8 heteroatoms. The third-order valence-electron chi connectivity index (χ3n) is 4.60. The minimum absolute atomic E-state index is 0.0548. The van der Waals surface area contributed by atoms with Gasteiger partial charge < -0.3 is 9.64 Å². The molecule has 0 aromatic heterocycles. The van der Waals surface area contributed by atoms with Gasteiger partial charge in [-0.2, -0.15) is 0 Å². The number of esters is 1. The molecule has 1 fully saturated rings. The van der Waals surface area contributed by atoms with Crippen LogP contribution in [0, 0.1) is 5.92 Å². The molecule has 0 saturated carbocycles. The van der Waals surface area contributed by atoms with Crippen LogP contribution in [-0.2, 0) is 30.8 Å². The van der Waals surface area contributed by atoms with Gasteiger partial charge in [0.2, 0.25) is 15.9 Å². The number of benzene rings is 1. The van der Waals surface area contributed by atoms with E-state index >= 15 is 0 Å². The number of sulfonamides is 1. The Morgan fingerprint density at radius 1 is 1.19 bits per heavy atom. The smallest absolute Gasteiger partial charge is 0.309 e. The molecule has 1 N–H and O–H groups in total. The number of carbonyl (C=O) groups is 2. The summed E-state index contributed by atoms with van der Waals surface area (Å²) in [5.74, 6) is -0.226. The zero-order valence-corrected chi connectivity index (χ0v) is 16.0. The van der Waals surface area contributed by atoms with E-state index in [1.54, 1.807) is 24.0 Å². The quantitative estimate of drug-likeness (QED) is 0.718. The Hall–Kier alpha value is -1.93. The first kappa shape index (κ1) is 20.4. The third-order valence-corrected chi connectivity index (χ3v) is 6.03. The molecule has 1 aromatic rings. The van der Waals surface area contributed by atoms with Gasteiger partial charge in [-0.05, 0) is 50.9 Å². The first-order chi connectivity index (χ1) is 12.4. The maximum atomic E-state index is 12.4. The third kappa shape index (κ3) is 5.28. The van der Waals surface area contributed by atoms with Crippen molar-refractivity contribution in [3.8, 4) is 0 Å². The van der Waals surface area contributed by atoms with Crippen molar-refractivity contribution in [2.24, 2.45) is 5.92 Å². The van der Waals surface area contributed by atoms with Crippen LogP contribution in [0.15, 0.2) is 29.2 Å². The number of likely N-dealkylation sites (tertiary alicyclic amines) is 1. The Kier molecular flexibility index (Phi) is 7.16. The number of nitrogens with one attached hydrogen (secondary N) is 1. The Morgan fingerprint density at radius 2 is 1.81 bits per heavy atom. The highest BCUT2D eigenvalue weighted by Gasteiger charge is 2.27. The van der Waals surface area contributed by atoms with Crippen molar-refractivity contribution in [1.82, 2.24) is 9.62 Å². The lowest BCUT2D eigenvalue weighted by molar-refractivity contribution is -0.151. The molecular weight excluding hydrogens is 356 g/mol. The summed E-state index contributed by atoms with van der Waals surface area (Å²) >= 11 is 0. The predicted molar refractivity (Wildman–Crippen MR) is 96.9 cm³/mol. The van der Waals surface area contributed by atoms with Gasteiger partial charge in [-0.15, -0.1) is 0 Å². The van der Waals surface area contributed by atoms with E-state index in [0.29, 0.717) is 45.4 Å². The fourth-order valence-corrected chi connectivity index (χ4v) is 3.72. The Balaban J connectivity index is 1.81. The zero-order valence-electron chi connectivity index (χ0n) is 15.2. The van der Waals surface area contributed by atoms with E-state index < -0.39 is 10.0 Å². The predicted octanol–water partition coefficient (Wildman–Crippen LogP) is 1.33. The van der Waals surface area contributed by atoms with Crippen LogP contribution in [0.4, 0.5) is 0 Å². The lowest BCUT2D eigenvalue weighted by atomic mass is 9.96. The summed E-state index contributed by atoms with van der Waals surface area (Å²) in [6, 6.07) is 6.53. The number of ether oxygens (including phenoxy) is 1. The molecule has 1 aromatic carbocycles. The normalized spacial score (nSPS) is 15.7. The van der Waals surface area contributed by atoms with Gasteiger partial charge in [0.05, 0.1) is 17.4 Å². The molecule has 0 radical (unpaired) electrons. The molecular formula is C18H26N2O5S. The second kappa shape index (κ2) is 9.14. The minimum atomic E-state index is -3.44. The van der Waals surface area contributed by atoms with Crippen molar-refractivity contribution >= 4 is 21.9 Å². The highest BCUT2D eigenvalue weighted by molar-refractivity contribution is 7.89. The molecule has 1 aliphatic rings. The van der Waals surface area contributed by atoms with Crippen LogP contribution in [0.2, 0.25) is 0 Å². The maximum Gasteiger partial charge on any atom is 0.309 e. The fraction of sp³-hybridized carbons (Fsp3) is 0.556. The molecule has 1 saturated heterocycles. The molecule has 144 valence electrons. The van der Waals surface area contributed by atoms with Gasteiger partial charge in [0.1, 0.15) is 0 Å². The molecule has 7 nitrogen and oxygen atoms in total. The van der Waals surface area contributed by atoms with Gasteiger partial charge >= 0.3 is 5.97 Å². The van der Waals surface area contributed by atoms with Gasteiger partial charge in [-0.3, -0.25) is 9.59 Å². The second-order valence-corrected chi connectivity index (χ2v) is 8.15. The van der Waals surface area contributed by atoms with Crippen LogP contribution < -0.4 is 4.72 Å². The SMILES string of the molecule is CCOC(=O)C1CCN(C(=O)CCc2ccc(S(=O)(=O)NC)cc2)CC1. The van der Waals surface area contributed by atoms with E-state index in [1.807, 2.05) is 0 Å². The highest BCUT2D eigenvalue weighted by Crippen LogP contribution is 2.20. The number of rotatable bonds is 7. The summed E-state index contributed by atoms with van der Waals surface area (Å²) in [6.07, 6.45) is 2.20. The second-order valence-electron chi connectivity index (χ2n) is 6.26. The molecule has 26 heavy (non-hydrogen) atoms. The summed E-state index contributed by atoms with van der Waals surface area (Å²) in [7, 11) is -2.07. The van der Waals surface area contributed by atoms with Crippen molar-refractivity contribution in [2.75, 3.05) is 26.7 Å². The summed E-state index contributed by atoms with van der Waals surface area (Å²) < 4.78 is 30.7. The number of piperidine rings is 1. The van der Waals surface area contributed by atoms with Gasteiger partial charge in [0.15, 0.2) is 0 Å². The van der Waals surface area contributed by atoms with Crippen molar-refractivity contribution < 1.29 is 22.7 Å². The molecule has 1 aliphatic heterocycles. The highest BCUT2D eigenvalue weighted by atomic mass is 32.2. The molecule has 0 spiro atoms. The van der Waals surface area contributed by atoms with Gasteiger partial charge in [0, 0.05) is 19.5 Å². The molecule has 0 bridgehead atoms. The van der Waals surface area contributed by atoms with E-state index in [9.17, 15) is 18.0 Å². The number of hydrogen-bond acceptors (Lipinski definition) is 5. The van der Waals surface area contributed by atoms with Crippen molar-refractivity contribution in [3.63, 3.8) is 0 Å². The Labute approximate surface area is 154 Å². The van der Waals surface area contributed by atoms with Crippen molar-refractivity contribution in [3.05, 3.63) is 29.8 Å². The monoisotopic (exact) mass is 382 g/mol. The van der Waals surface area contributed by atoms with Crippen LogP contribution in [0.3, 0.4) is 0 Å². The largest absolute Gasteiger partial charge is 0.466 e. The van der Waals surface area contributed by atoms with E-state index in [0.717, 1.165) is 5.56 Å². The molecule has 2 rings (SSSR count). The van der Waals surface area contributed by atoms with Crippen LogP contribution in [0.25, 0.3) is 0 Å². The van der Waals surface area contributed by atoms with Crippen LogP contribution in [0.1, 0.15) is 31.7 Å². The van der Waals surface area contributed by atoms with Gasteiger partial charge in [0.25, 0.3) is 0 Å². The van der Waals surface area contributed by atoms with E-state index in [4.69, 9.17) is 4.74 Å². The average Bonchev–Trinajstić information content (AvgIpc) is 2.66. The lowest BCUT2D eigenvalue weighted by Gasteiger charge is -2.31. The summed E-state index contributed by atoms with van der Waals surface area (Å²) in [4.78, 5) is 26.1. The average molecular weight is 382 g/mol. The molecule has 0 aliphatic carbocycles. The summed E-state index contributed by atoms with van der Waals surface area (Å²) in [5, 5.41) is 0. The molecule has 0 atom stereocenters. The number of aryl methyl sites for hydroxylation is 1. The van der Waals surface area contributed by atoms with Crippen molar-refractivity contribution in [2.45, 2.75) is 37.5 Å². The molecule has 1 heterocycles. The summed E-state index contributed by atoms with van der Waals surface area (Å²) in [5.41, 5.74) is 0.912.